The molecular formula is C23H21ClN2O3. The zero-order chi connectivity index (χ0) is 20.5. The SMILES string of the molecule is O=C(CCc1ccccc1)NNC(=O)c1ccc(COc2ccc(Cl)cc2)cc1. The second-order valence-electron chi connectivity index (χ2n) is 6.43. The first kappa shape index (κ1) is 20.4. The molecule has 0 fully saturated rings. The maximum absolute atomic E-state index is 12.2. The summed E-state index contributed by atoms with van der Waals surface area (Å²) in [6, 6.07) is 23.8. The summed E-state index contributed by atoms with van der Waals surface area (Å²) in [5, 5.41) is 0.653. The number of hydrogen-bond donors (Lipinski definition) is 2. The van der Waals surface area contributed by atoms with E-state index < -0.39 is 0 Å². The number of hydrazine groups is 1. The van der Waals surface area contributed by atoms with E-state index in [9.17, 15) is 9.59 Å². The molecule has 0 heterocycles. The van der Waals surface area contributed by atoms with Crippen molar-refractivity contribution in [2.45, 2.75) is 19.4 Å². The van der Waals surface area contributed by atoms with E-state index in [1.165, 1.54) is 0 Å². The van der Waals surface area contributed by atoms with E-state index in [2.05, 4.69) is 10.9 Å². The van der Waals surface area contributed by atoms with Gasteiger partial charge in [-0.05, 0) is 53.9 Å². The highest BCUT2D eigenvalue weighted by molar-refractivity contribution is 6.30. The summed E-state index contributed by atoms with van der Waals surface area (Å²) >= 11 is 5.85. The molecule has 29 heavy (non-hydrogen) atoms. The number of carbonyl (C=O) groups is 2. The molecule has 5 nitrogen and oxygen atoms in total. The van der Waals surface area contributed by atoms with Crippen molar-refractivity contribution in [2.75, 3.05) is 0 Å². The van der Waals surface area contributed by atoms with Crippen LogP contribution in [0.25, 0.3) is 0 Å². The predicted molar refractivity (Wildman–Crippen MR) is 113 cm³/mol. The number of rotatable bonds is 7. The number of nitrogens with one attached hydrogen (secondary N) is 2. The summed E-state index contributed by atoms with van der Waals surface area (Å²) in [4.78, 5) is 24.1. The standard InChI is InChI=1S/C23H21ClN2O3/c24-20-11-13-21(14-12-20)29-16-18-6-9-19(10-7-18)23(28)26-25-22(27)15-8-17-4-2-1-3-5-17/h1-7,9-14H,8,15-16H2,(H,25,27)(H,26,28). The van der Waals surface area contributed by atoms with E-state index in [1.54, 1.807) is 36.4 Å². The molecule has 0 aliphatic carbocycles. The Morgan fingerprint density at radius 1 is 0.793 bits per heavy atom. The van der Waals surface area contributed by atoms with Gasteiger partial charge in [-0.25, -0.2) is 0 Å². The van der Waals surface area contributed by atoms with E-state index >= 15 is 0 Å². The molecule has 148 valence electrons. The minimum Gasteiger partial charge on any atom is -0.489 e. The molecule has 3 aromatic rings. The third-order valence-corrected chi connectivity index (χ3v) is 4.49. The van der Waals surface area contributed by atoms with Gasteiger partial charge in [0.25, 0.3) is 5.91 Å². The molecule has 0 spiro atoms. The molecule has 0 aliphatic heterocycles. The first-order valence-corrected chi connectivity index (χ1v) is 9.58. The van der Waals surface area contributed by atoms with E-state index in [0.29, 0.717) is 30.0 Å². The van der Waals surface area contributed by atoms with Crippen LogP contribution in [0, 0.1) is 0 Å². The zero-order valence-electron chi connectivity index (χ0n) is 15.7. The molecule has 3 rings (SSSR count). The van der Waals surface area contributed by atoms with Crippen LogP contribution in [0.4, 0.5) is 0 Å². The van der Waals surface area contributed by atoms with Crippen LogP contribution in [-0.4, -0.2) is 11.8 Å². The van der Waals surface area contributed by atoms with E-state index in [1.807, 2.05) is 42.5 Å². The molecule has 0 unspecified atom stereocenters. The van der Waals surface area contributed by atoms with Gasteiger partial charge in [-0.15, -0.1) is 0 Å². The Hall–Kier alpha value is -3.31. The number of halogens is 1. The minimum absolute atomic E-state index is 0.241. The maximum Gasteiger partial charge on any atom is 0.269 e. The van der Waals surface area contributed by atoms with Gasteiger partial charge in [0.1, 0.15) is 12.4 Å². The molecule has 2 amide bonds. The zero-order valence-corrected chi connectivity index (χ0v) is 16.5. The van der Waals surface area contributed by atoms with Gasteiger partial charge < -0.3 is 4.74 Å². The van der Waals surface area contributed by atoms with Crippen molar-refractivity contribution in [1.82, 2.24) is 10.9 Å². The van der Waals surface area contributed by atoms with Crippen LogP contribution >= 0.6 is 11.6 Å². The highest BCUT2D eigenvalue weighted by Gasteiger charge is 2.08. The molecule has 0 aromatic heterocycles. The molecule has 0 radical (unpaired) electrons. The average molecular weight is 409 g/mol. The molecule has 0 aliphatic rings. The molecule has 2 N–H and O–H groups in total. The fourth-order valence-electron chi connectivity index (χ4n) is 2.61. The summed E-state index contributed by atoms with van der Waals surface area (Å²) < 4.78 is 5.67. The highest BCUT2D eigenvalue weighted by atomic mass is 35.5. The van der Waals surface area contributed by atoms with E-state index in [-0.39, 0.29) is 11.8 Å². The second-order valence-corrected chi connectivity index (χ2v) is 6.86. The lowest BCUT2D eigenvalue weighted by molar-refractivity contribution is -0.121. The monoisotopic (exact) mass is 408 g/mol. The van der Waals surface area contributed by atoms with Gasteiger partial charge in [-0.2, -0.15) is 0 Å². The van der Waals surface area contributed by atoms with E-state index in [4.69, 9.17) is 16.3 Å². The number of hydrogen-bond acceptors (Lipinski definition) is 3. The quantitative estimate of drug-likeness (QED) is 0.572. The summed E-state index contributed by atoms with van der Waals surface area (Å²) in [6.45, 7) is 0.375. The lowest BCUT2D eigenvalue weighted by Gasteiger charge is -2.09. The van der Waals surface area contributed by atoms with Crippen LogP contribution < -0.4 is 15.6 Å². The number of amides is 2. The summed E-state index contributed by atoms with van der Waals surface area (Å²) in [7, 11) is 0. The van der Waals surface area contributed by atoms with Crippen LogP contribution in [0.2, 0.25) is 5.02 Å². The van der Waals surface area contributed by atoms with Crippen LogP contribution in [-0.2, 0) is 17.8 Å². The Balaban J connectivity index is 1.42. The summed E-state index contributed by atoms with van der Waals surface area (Å²) in [5.74, 6) is 0.104. The fraction of sp³-hybridized carbons (Fsp3) is 0.130. The lowest BCUT2D eigenvalue weighted by Crippen LogP contribution is -2.41. The molecule has 3 aromatic carbocycles. The number of benzene rings is 3. The smallest absolute Gasteiger partial charge is 0.269 e. The first-order valence-electron chi connectivity index (χ1n) is 9.20. The Kier molecular flexibility index (Phi) is 7.25. The third-order valence-electron chi connectivity index (χ3n) is 4.23. The Labute approximate surface area is 174 Å². The van der Waals surface area contributed by atoms with Crippen molar-refractivity contribution in [3.8, 4) is 5.75 Å². The van der Waals surface area contributed by atoms with Crippen LogP contribution in [0.5, 0.6) is 5.75 Å². The minimum atomic E-state index is -0.372. The maximum atomic E-state index is 12.2. The van der Waals surface area contributed by atoms with Gasteiger partial charge in [0.05, 0.1) is 0 Å². The normalized spacial score (nSPS) is 10.2. The van der Waals surface area contributed by atoms with Crippen molar-refractivity contribution < 1.29 is 14.3 Å². The summed E-state index contributed by atoms with van der Waals surface area (Å²) in [6.07, 6.45) is 0.913. The van der Waals surface area contributed by atoms with Gasteiger partial charge in [-0.1, -0.05) is 54.1 Å². The van der Waals surface area contributed by atoms with Crippen LogP contribution in [0.3, 0.4) is 0 Å². The topological polar surface area (TPSA) is 67.4 Å². The van der Waals surface area contributed by atoms with E-state index in [0.717, 1.165) is 16.9 Å². The average Bonchev–Trinajstić information content (AvgIpc) is 2.76. The van der Waals surface area contributed by atoms with Crippen molar-refractivity contribution in [1.29, 1.82) is 0 Å². The van der Waals surface area contributed by atoms with Crippen molar-refractivity contribution in [3.63, 3.8) is 0 Å². The van der Waals surface area contributed by atoms with Gasteiger partial charge in [0, 0.05) is 17.0 Å². The molecule has 0 atom stereocenters. The van der Waals surface area contributed by atoms with Gasteiger partial charge >= 0.3 is 0 Å². The number of ether oxygens (including phenoxy) is 1. The van der Waals surface area contributed by atoms with Gasteiger partial charge in [-0.3, -0.25) is 20.4 Å². The highest BCUT2D eigenvalue weighted by Crippen LogP contribution is 2.17. The molecule has 0 saturated heterocycles. The van der Waals surface area contributed by atoms with Crippen LogP contribution in [0.15, 0.2) is 78.9 Å². The van der Waals surface area contributed by atoms with Crippen LogP contribution in [0.1, 0.15) is 27.9 Å². The lowest BCUT2D eigenvalue weighted by atomic mass is 10.1. The Bertz CT molecular complexity index is 942. The second kappa shape index (κ2) is 10.3. The molecule has 0 bridgehead atoms. The van der Waals surface area contributed by atoms with Crippen molar-refractivity contribution >= 4 is 23.4 Å². The fourth-order valence-corrected chi connectivity index (χ4v) is 2.74. The molecular weight excluding hydrogens is 388 g/mol. The Morgan fingerprint density at radius 3 is 2.17 bits per heavy atom. The van der Waals surface area contributed by atoms with Gasteiger partial charge in [0.2, 0.25) is 5.91 Å². The predicted octanol–water partition coefficient (Wildman–Crippen LogP) is 4.31. The van der Waals surface area contributed by atoms with Gasteiger partial charge in [0.15, 0.2) is 0 Å². The van der Waals surface area contributed by atoms with Crippen molar-refractivity contribution in [2.24, 2.45) is 0 Å². The molecule has 6 heteroatoms. The van der Waals surface area contributed by atoms with Crippen molar-refractivity contribution in [3.05, 3.63) is 101 Å². The third kappa shape index (κ3) is 6.66. The number of aryl methyl sites for hydroxylation is 1. The Morgan fingerprint density at radius 2 is 1.48 bits per heavy atom. The number of carbonyl (C=O) groups excluding carboxylic acids is 2. The summed E-state index contributed by atoms with van der Waals surface area (Å²) in [5.41, 5.74) is 7.32. The largest absolute Gasteiger partial charge is 0.489 e. The molecule has 0 saturated carbocycles. The first-order chi connectivity index (χ1) is 14.1.